The third-order valence-corrected chi connectivity index (χ3v) is 4.23. The van der Waals surface area contributed by atoms with Gasteiger partial charge >= 0.3 is 0 Å². The SMILES string of the molecule is O=C(CNC(=O)C1CC1)NC(c1ccccc1)c1cccc(Cl)c1. The number of rotatable bonds is 6. The molecule has 0 aliphatic heterocycles. The van der Waals surface area contributed by atoms with E-state index in [4.69, 9.17) is 11.6 Å². The second-order valence-corrected chi connectivity index (χ2v) is 6.39. The van der Waals surface area contributed by atoms with Crippen molar-refractivity contribution in [1.82, 2.24) is 10.6 Å². The molecule has 3 rings (SSSR count). The van der Waals surface area contributed by atoms with Crippen LogP contribution in [0.25, 0.3) is 0 Å². The quantitative estimate of drug-likeness (QED) is 0.847. The Morgan fingerprint density at radius 1 is 1.04 bits per heavy atom. The zero-order valence-corrected chi connectivity index (χ0v) is 13.9. The van der Waals surface area contributed by atoms with Gasteiger partial charge in [-0.15, -0.1) is 0 Å². The van der Waals surface area contributed by atoms with E-state index in [-0.39, 0.29) is 30.3 Å². The van der Waals surface area contributed by atoms with Crippen molar-refractivity contribution < 1.29 is 9.59 Å². The van der Waals surface area contributed by atoms with Gasteiger partial charge in [0.05, 0.1) is 12.6 Å². The molecule has 24 heavy (non-hydrogen) atoms. The Morgan fingerprint density at radius 3 is 2.42 bits per heavy atom. The first-order valence-corrected chi connectivity index (χ1v) is 8.39. The molecule has 2 aromatic carbocycles. The van der Waals surface area contributed by atoms with Gasteiger partial charge < -0.3 is 10.6 Å². The average Bonchev–Trinajstić information content (AvgIpc) is 3.43. The predicted molar refractivity (Wildman–Crippen MR) is 93.6 cm³/mol. The fraction of sp³-hybridized carbons (Fsp3) is 0.263. The van der Waals surface area contributed by atoms with Crippen molar-refractivity contribution in [2.24, 2.45) is 5.92 Å². The van der Waals surface area contributed by atoms with E-state index in [0.717, 1.165) is 24.0 Å². The Morgan fingerprint density at radius 2 is 1.75 bits per heavy atom. The van der Waals surface area contributed by atoms with Crippen LogP contribution in [0.2, 0.25) is 5.02 Å². The molecule has 4 nitrogen and oxygen atoms in total. The van der Waals surface area contributed by atoms with Gasteiger partial charge in [0.25, 0.3) is 0 Å². The van der Waals surface area contributed by atoms with Crippen LogP contribution in [0.1, 0.15) is 30.0 Å². The Hall–Kier alpha value is -2.33. The molecule has 2 N–H and O–H groups in total. The van der Waals surface area contributed by atoms with Crippen LogP contribution in [0.4, 0.5) is 0 Å². The van der Waals surface area contributed by atoms with Crippen molar-refractivity contribution in [2.75, 3.05) is 6.54 Å². The maximum atomic E-state index is 12.3. The summed E-state index contributed by atoms with van der Waals surface area (Å²) in [5, 5.41) is 6.28. The van der Waals surface area contributed by atoms with E-state index in [9.17, 15) is 9.59 Å². The molecule has 0 heterocycles. The van der Waals surface area contributed by atoms with E-state index in [1.807, 2.05) is 48.5 Å². The normalized spacial score (nSPS) is 14.7. The van der Waals surface area contributed by atoms with Gasteiger partial charge in [-0.25, -0.2) is 0 Å². The molecule has 124 valence electrons. The summed E-state index contributed by atoms with van der Waals surface area (Å²) >= 11 is 6.09. The first-order chi connectivity index (χ1) is 11.6. The van der Waals surface area contributed by atoms with Gasteiger partial charge in [0, 0.05) is 10.9 Å². The number of carbonyl (C=O) groups is 2. The first-order valence-electron chi connectivity index (χ1n) is 8.01. The van der Waals surface area contributed by atoms with E-state index in [1.165, 1.54) is 0 Å². The van der Waals surface area contributed by atoms with Crippen LogP contribution in [0.15, 0.2) is 54.6 Å². The molecule has 0 radical (unpaired) electrons. The molecule has 0 aromatic heterocycles. The lowest BCUT2D eigenvalue weighted by atomic mass is 9.98. The fourth-order valence-corrected chi connectivity index (χ4v) is 2.76. The van der Waals surface area contributed by atoms with Crippen molar-refractivity contribution in [1.29, 1.82) is 0 Å². The molecule has 1 unspecified atom stereocenters. The number of amides is 2. The third kappa shape index (κ3) is 4.36. The van der Waals surface area contributed by atoms with Crippen LogP contribution in [-0.2, 0) is 9.59 Å². The Labute approximate surface area is 146 Å². The monoisotopic (exact) mass is 342 g/mol. The number of hydrogen-bond donors (Lipinski definition) is 2. The molecule has 1 saturated carbocycles. The topological polar surface area (TPSA) is 58.2 Å². The molecule has 1 aliphatic carbocycles. The van der Waals surface area contributed by atoms with Crippen molar-refractivity contribution in [2.45, 2.75) is 18.9 Å². The van der Waals surface area contributed by atoms with Crippen LogP contribution in [0, 0.1) is 5.92 Å². The Kier molecular flexibility index (Phi) is 5.16. The van der Waals surface area contributed by atoms with Crippen molar-refractivity contribution in [3.63, 3.8) is 0 Å². The zero-order chi connectivity index (χ0) is 16.9. The van der Waals surface area contributed by atoms with E-state index >= 15 is 0 Å². The number of nitrogens with one attached hydrogen (secondary N) is 2. The molecular weight excluding hydrogens is 324 g/mol. The third-order valence-electron chi connectivity index (χ3n) is 3.99. The molecule has 2 amide bonds. The number of hydrogen-bond acceptors (Lipinski definition) is 2. The smallest absolute Gasteiger partial charge is 0.240 e. The lowest BCUT2D eigenvalue weighted by Gasteiger charge is -2.20. The summed E-state index contributed by atoms with van der Waals surface area (Å²) in [4.78, 5) is 23.9. The lowest BCUT2D eigenvalue weighted by molar-refractivity contribution is -0.127. The van der Waals surface area contributed by atoms with Gasteiger partial charge in [0.1, 0.15) is 0 Å². The lowest BCUT2D eigenvalue weighted by Crippen LogP contribution is -2.39. The van der Waals surface area contributed by atoms with Gasteiger partial charge in [-0.3, -0.25) is 9.59 Å². The van der Waals surface area contributed by atoms with Gasteiger partial charge in [0.15, 0.2) is 0 Å². The number of halogens is 1. The summed E-state index contributed by atoms with van der Waals surface area (Å²) in [6.45, 7) is -0.0147. The largest absolute Gasteiger partial charge is 0.347 e. The fourth-order valence-electron chi connectivity index (χ4n) is 2.56. The van der Waals surface area contributed by atoms with Gasteiger partial charge in [-0.1, -0.05) is 54.1 Å². The molecule has 0 saturated heterocycles. The minimum atomic E-state index is -0.310. The van der Waals surface area contributed by atoms with Crippen molar-refractivity contribution in [3.05, 3.63) is 70.7 Å². The summed E-state index contributed by atoms with van der Waals surface area (Å²) in [6.07, 6.45) is 1.84. The van der Waals surface area contributed by atoms with Gasteiger partial charge in [0.2, 0.25) is 11.8 Å². The van der Waals surface area contributed by atoms with Crippen molar-refractivity contribution in [3.8, 4) is 0 Å². The molecular formula is C19H19ClN2O2. The average molecular weight is 343 g/mol. The minimum Gasteiger partial charge on any atom is -0.347 e. The van der Waals surface area contributed by atoms with Crippen LogP contribution in [-0.4, -0.2) is 18.4 Å². The maximum Gasteiger partial charge on any atom is 0.240 e. The van der Waals surface area contributed by atoms with Crippen LogP contribution < -0.4 is 10.6 Å². The summed E-state index contributed by atoms with van der Waals surface area (Å²) < 4.78 is 0. The molecule has 1 aliphatic rings. The van der Waals surface area contributed by atoms with Crippen LogP contribution in [0.3, 0.4) is 0 Å². The molecule has 2 aromatic rings. The second-order valence-electron chi connectivity index (χ2n) is 5.96. The summed E-state index contributed by atoms with van der Waals surface area (Å²) in [5.41, 5.74) is 1.86. The Balaban J connectivity index is 1.72. The summed E-state index contributed by atoms with van der Waals surface area (Å²) in [6, 6.07) is 16.8. The molecule has 1 atom stereocenters. The highest BCUT2D eigenvalue weighted by Gasteiger charge is 2.29. The van der Waals surface area contributed by atoms with Crippen LogP contribution in [0.5, 0.6) is 0 Å². The van der Waals surface area contributed by atoms with E-state index < -0.39 is 0 Å². The van der Waals surface area contributed by atoms with Gasteiger partial charge in [-0.05, 0) is 36.1 Å². The molecule has 0 bridgehead atoms. The molecule has 1 fully saturated rings. The maximum absolute atomic E-state index is 12.3. The van der Waals surface area contributed by atoms with E-state index in [1.54, 1.807) is 6.07 Å². The highest BCUT2D eigenvalue weighted by molar-refractivity contribution is 6.30. The van der Waals surface area contributed by atoms with Crippen molar-refractivity contribution >= 4 is 23.4 Å². The molecule has 0 spiro atoms. The number of carbonyl (C=O) groups excluding carboxylic acids is 2. The highest BCUT2D eigenvalue weighted by Crippen LogP contribution is 2.28. The second kappa shape index (κ2) is 7.49. The number of benzene rings is 2. The van der Waals surface area contributed by atoms with Gasteiger partial charge in [-0.2, -0.15) is 0 Å². The van der Waals surface area contributed by atoms with Crippen LogP contribution >= 0.6 is 11.6 Å². The zero-order valence-electron chi connectivity index (χ0n) is 13.2. The molecule has 5 heteroatoms. The Bertz CT molecular complexity index is 729. The summed E-state index contributed by atoms with van der Waals surface area (Å²) in [5.74, 6) is -0.169. The minimum absolute atomic E-state index is 0.0147. The van der Waals surface area contributed by atoms with E-state index in [2.05, 4.69) is 10.6 Å². The first kappa shape index (κ1) is 16.5. The highest BCUT2D eigenvalue weighted by atomic mass is 35.5. The summed E-state index contributed by atoms with van der Waals surface area (Å²) in [7, 11) is 0. The van der Waals surface area contributed by atoms with E-state index in [0.29, 0.717) is 5.02 Å². The predicted octanol–water partition coefficient (Wildman–Crippen LogP) is 3.07. The standard InChI is InChI=1S/C19H19ClN2O2/c20-16-8-4-7-15(11-16)18(13-5-2-1-3-6-13)22-17(23)12-21-19(24)14-9-10-14/h1-8,11,14,18H,9-10,12H2,(H,21,24)(H,22,23).